The molecule has 260 valence electrons. The van der Waals surface area contributed by atoms with Gasteiger partial charge in [0.15, 0.2) is 11.6 Å². The Morgan fingerprint density at radius 1 is 0.774 bits per heavy atom. The summed E-state index contributed by atoms with van der Waals surface area (Å²) in [5.74, 6) is -5.68. The number of carbonyl (C=O) groups is 4. The van der Waals surface area contributed by atoms with Gasteiger partial charge in [-0.2, -0.15) is 0 Å². The Labute approximate surface area is 304 Å². The molecular formula is C44H32N2O7. The molecule has 53 heavy (non-hydrogen) atoms. The number of hydrogen-bond acceptors (Lipinski definition) is 7. The van der Waals surface area contributed by atoms with Crippen LogP contribution in [0.2, 0.25) is 0 Å². The highest BCUT2D eigenvalue weighted by Gasteiger charge is 2.66. The maximum Gasteiger partial charge on any atom is 0.271 e. The van der Waals surface area contributed by atoms with Crippen LogP contribution >= 0.6 is 0 Å². The van der Waals surface area contributed by atoms with Gasteiger partial charge < -0.3 is 5.11 Å². The number of allylic oxidation sites excluding steroid dienone is 4. The molecule has 0 aromatic heterocycles. The molecule has 2 amide bonds. The van der Waals surface area contributed by atoms with Crippen LogP contribution in [0.3, 0.4) is 0 Å². The average molecular weight is 701 g/mol. The summed E-state index contributed by atoms with van der Waals surface area (Å²) >= 11 is 0. The molecule has 1 heterocycles. The van der Waals surface area contributed by atoms with Gasteiger partial charge in [0.2, 0.25) is 11.8 Å². The number of rotatable bonds is 5. The molecule has 0 unspecified atom stereocenters. The zero-order valence-corrected chi connectivity index (χ0v) is 28.3. The summed E-state index contributed by atoms with van der Waals surface area (Å²) in [5.41, 5.74) is 1.05. The first-order chi connectivity index (χ1) is 25.7. The number of benzene rings is 5. The number of non-ortho nitro benzene ring substituents is 1. The van der Waals surface area contributed by atoms with E-state index in [1.165, 1.54) is 30.3 Å². The molecule has 9 nitrogen and oxygen atoms in total. The molecule has 9 rings (SSSR count). The van der Waals surface area contributed by atoms with E-state index in [1.54, 1.807) is 12.1 Å². The van der Waals surface area contributed by atoms with Crippen molar-refractivity contribution >= 4 is 51.1 Å². The lowest BCUT2D eigenvalue weighted by Crippen LogP contribution is -2.58. The quantitative estimate of drug-likeness (QED) is 0.0869. The number of nitro benzene ring substituents is 1. The van der Waals surface area contributed by atoms with Crippen molar-refractivity contribution in [1.82, 2.24) is 0 Å². The van der Waals surface area contributed by atoms with Crippen LogP contribution in [0.4, 0.5) is 11.4 Å². The van der Waals surface area contributed by atoms with E-state index in [-0.39, 0.29) is 47.1 Å². The molecule has 9 heteroatoms. The van der Waals surface area contributed by atoms with Gasteiger partial charge in [0.1, 0.15) is 5.75 Å². The van der Waals surface area contributed by atoms with Crippen molar-refractivity contribution in [3.8, 4) is 5.75 Å². The maximum absolute atomic E-state index is 15.3. The largest absolute Gasteiger partial charge is 0.507 e. The highest BCUT2D eigenvalue weighted by molar-refractivity contribution is 6.32. The van der Waals surface area contributed by atoms with Crippen molar-refractivity contribution in [3.05, 3.63) is 166 Å². The number of phenols is 1. The van der Waals surface area contributed by atoms with E-state index in [1.807, 2.05) is 91.0 Å². The number of Topliss-reactive ketones (excluding diaryl/α,β-unsaturated/α-hetero) is 1. The summed E-state index contributed by atoms with van der Waals surface area (Å²) in [4.78, 5) is 71.2. The van der Waals surface area contributed by atoms with Crippen LogP contribution in [0.25, 0.3) is 16.3 Å². The topological polar surface area (TPSA) is 135 Å². The smallest absolute Gasteiger partial charge is 0.271 e. The third-order valence-electron chi connectivity index (χ3n) is 11.9. The van der Waals surface area contributed by atoms with Crippen LogP contribution < -0.4 is 4.90 Å². The number of anilines is 1. The van der Waals surface area contributed by atoms with Crippen LogP contribution in [0.15, 0.2) is 139 Å². The minimum atomic E-state index is -1.49. The first kappa shape index (κ1) is 32.4. The average Bonchev–Trinajstić information content (AvgIpc) is 3.45. The number of ketones is 2. The fourth-order valence-corrected chi connectivity index (χ4v) is 9.72. The third kappa shape index (κ3) is 4.63. The van der Waals surface area contributed by atoms with Gasteiger partial charge in [-0.1, -0.05) is 115 Å². The summed E-state index contributed by atoms with van der Waals surface area (Å²) < 4.78 is 0. The van der Waals surface area contributed by atoms with Crippen LogP contribution in [-0.2, 0) is 24.6 Å². The second kappa shape index (κ2) is 12.1. The maximum atomic E-state index is 15.3. The summed E-state index contributed by atoms with van der Waals surface area (Å²) in [6, 6.07) is 34.8. The van der Waals surface area contributed by atoms with Gasteiger partial charge in [0, 0.05) is 40.5 Å². The number of nitrogens with zero attached hydrogens (tertiary/aromatic N) is 2. The Balaban J connectivity index is 1.29. The van der Waals surface area contributed by atoms with E-state index in [9.17, 15) is 24.8 Å². The van der Waals surface area contributed by atoms with E-state index in [0.717, 1.165) is 15.9 Å². The Morgan fingerprint density at radius 3 is 2.25 bits per heavy atom. The van der Waals surface area contributed by atoms with E-state index >= 15 is 9.59 Å². The fourth-order valence-electron chi connectivity index (χ4n) is 9.72. The lowest BCUT2D eigenvalue weighted by molar-refractivity contribution is -0.384. The summed E-state index contributed by atoms with van der Waals surface area (Å²) in [6.45, 7) is 0. The molecular weight excluding hydrogens is 668 g/mol. The lowest BCUT2D eigenvalue weighted by Gasteiger charge is -2.55. The van der Waals surface area contributed by atoms with Gasteiger partial charge in [0.25, 0.3) is 5.69 Å². The first-order valence-corrected chi connectivity index (χ1v) is 17.7. The number of phenolic OH excluding ortho intramolecular Hbond substituents is 1. The molecule has 0 radical (unpaired) electrons. The fraction of sp³-hybridized carbons (Fsp3) is 0.182. The Morgan fingerprint density at radius 2 is 1.49 bits per heavy atom. The summed E-state index contributed by atoms with van der Waals surface area (Å²) in [7, 11) is 0. The second-order valence-corrected chi connectivity index (χ2v) is 14.3. The van der Waals surface area contributed by atoms with Gasteiger partial charge in [-0.05, 0) is 47.4 Å². The van der Waals surface area contributed by atoms with E-state index in [0.29, 0.717) is 22.1 Å². The number of fused-ring (bicyclic) bond motifs is 5. The van der Waals surface area contributed by atoms with E-state index in [2.05, 4.69) is 0 Å². The number of imide groups is 1. The normalized spacial score (nSPS) is 26.4. The second-order valence-electron chi connectivity index (χ2n) is 14.3. The Bertz CT molecular complexity index is 2470. The molecule has 3 aliphatic carbocycles. The number of nitro groups is 1. The van der Waals surface area contributed by atoms with Crippen molar-refractivity contribution in [2.24, 2.45) is 23.7 Å². The van der Waals surface area contributed by atoms with Crippen LogP contribution in [0.5, 0.6) is 5.75 Å². The van der Waals surface area contributed by atoms with Crippen molar-refractivity contribution in [1.29, 1.82) is 0 Å². The van der Waals surface area contributed by atoms with Crippen molar-refractivity contribution in [2.75, 3.05) is 4.90 Å². The van der Waals surface area contributed by atoms with Crippen LogP contribution in [0.1, 0.15) is 35.4 Å². The number of aromatic hydroxyl groups is 1. The molecule has 0 bridgehead atoms. The van der Waals surface area contributed by atoms with Gasteiger partial charge in [0.05, 0.1) is 27.9 Å². The first-order valence-electron chi connectivity index (χ1n) is 17.7. The molecule has 1 saturated carbocycles. The van der Waals surface area contributed by atoms with Gasteiger partial charge >= 0.3 is 0 Å². The standard InChI is InChI=1S/C44H32N2O7/c47-37-24-34(25-10-3-1-4-11-25)41(49)36-23-35-31(20-21-32-38(35)43(51)45(42(32)50)28-15-9-16-29(22-28)46(52)53)39(44(36,37)27-13-5-2-6-14-27)33-19-18-26-12-7-8-17-30(26)40(33)48/h1-20,22,24,32,35-36,38-39,48H,21,23H2/t32-,35+,36-,38-,39+,44-/m0/s1. The molecule has 1 N–H and O–H groups in total. The van der Waals surface area contributed by atoms with Crippen molar-refractivity contribution < 1.29 is 29.2 Å². The summed E-state index contributed by atoms with van der Waals surface area (Å²) in [5, 5.41) is 25.2. The molecule has 0 spiro atoms. The SMILES string of the molecule is O=C1C(c2ccccc2)=CC(=O)[C@@]2(c3ccccc3)[C@@H](c3ccc4ccccc4c3O)C3=CC[C@@H]4C(=O)N(c5cccc([N+](=O)[O-])c5)C(=O)[C@@H]4[C@@H]3C[C@@H]12. The summed E-state index contributed by atoms with van der Waals surface area (Å²) in [6.07, 6.45) is 3.67. The molecule has 2 fully saturated rings. The van der Waals surface area contributed by atoms with Gasteiger partial charge in [-0.15, -0.1) is 0 Å². The number of amides is 2. The number of hydrogen-bond donors (Lipinski definition) is 1. The molecule has 5 aromatic rings. The predicted octanol–water partition coefficient (Wildman–Crippen LogP) is 7.48. The minimum Gasteiger partial charge on any atom is -0.507 e. The van der Waals surface area contributed by atoms with Crippen LogP contribution in [-0.4, -0.2) is 33.4 Å². The molecule has 1 saturated heterocycles. The van der Waals surface area contributed by atoms with Gasteiger partial charge in [-0.25, -0.2) is 4.90 Å². The Hall–Kier alpha value is -6.48. The monoisotopic (exact) mass is 700 g/mol. The highest BCUT2D eigenvalue weighted by Crippen LogP contribution is 2.64. The van der Waals surface area contributed by atoms with Crippen LogP contribution in [0, 0.1) is 33.8 Å². The number of carbonyl (C=O) groups excluding carboxylic acids is 4. The van der Waals surface area contributed by atoms with Crippen molar-refractivity contribution in [3.63, 3.8) is 0 Å². The van der Waals surface area contributed by atoms with Crippen molar-refractivity contribution in [2.45, 2.75) is 24.2 Å². The highest BCUT2D eigenvalue weighted by atomic mass is 16.6. The molecule has 1 aliphatic heterocycles. The predicted molar refractivity (Wildman–Crippen MR) is 198 cm³/mol. The van der Waals surface area contributed by atoms with Gasteiger partial charge in [-0.3, -0.25) is 29.3 Å². The zero-order chi connectivity index (χ0) is 36.6. The third-order valence-corrected chi connectivity index (χ3v) is 11.9. The van der Waals surface area contributed by atoms with E-state index < -0.39 is 51.7 Å². The molecule has 6 atom stereocenters. The minimum absolute atomic E-state index is 0.0176. The molecule has 4 aliphatic rings. The lowest BCUT2D eigenvalue weighted by atomic mass is 9.44. The Kier molecular flexibility index (Phi) is 7.37. The van der Waals surface area contributed by atoms with E-state index in [4.69, 9.17) is 0 Å². The zero-order valence-electron chi connectivity index (χ0n) is 28.3. The molecule has 5 aromatic carbocycles.